The van der Waals surface area contributed by atoms with E-state index in [-0.39, 0.29) is 24.8 Å². The fourth-order valence-corrected chi connectivity index (χ4v) is 5.38. The number of anilines is 1. The number of benzene rings is 1. The number of nitrogens with zero attached hydrogens (tertiary/aromatic N) is 6. The Kier molecular flexibility index (Phi) is 10.00. The van der Waals surface area contributed by atoms with Gasteiger partial charge in [0.05, 0.1) is 43.5 Å². The van der Waals surface area contributed by atoms with Crippen LogP contribution in [0, 0.1) is 12.8 Å². The van der Waals surface area contributed by atoms with Gasteiger partial charge in [-0.15, -0.1) is 0 Å². The number of aryl methyl sites for hydroxylation is 1. The van der Waals surface area contributed by atoms with Gasteiger partial charge in [0.25, 0.3) is 0 Å². The smallest absolute Gasteiger partial charge is 0.410 e. The summed E-state index contributed by atoms with van der Waals surface area (Å²) in [7, 11) is 0. The zero-order chi connectivity index (χ0) is 33.0. The molecule has 2 fully saturated rings. The van der Waals surface area contributed by atoms with E-state index in [9.17, 15) is 14.0 Å². The van der Waals surface area contributed by atoms with Crippen LogP contribution in [-0.4, -0.2) is 99.2 Å². The van der Waals surface area contributed by atoms with Gasteiger partial charge in [-0.1, -0.05) is 16.8 Å². The summed E-state index contributed by atoms with van der Waals surface area (Å²) in [6.07, 6.45) is 5.78. The predicted molar refractivity (Wildman–Crippen MR) is 173 cm³/mol. The summed E-state index contributed by atoms with van der Waals surface area (Å²) in [6, 6.07) is 7.76. The van der Waals surface area contributed by atoms with Crippen LogP contribution in [0.4, 0.5) is 19.9 Å². The number of urea groups is 1. The molecule has 2 unspecified atom stereocenters. The van der Waals surface area contributed by atoms with Crippen molar-refractivity contribution in [2.75, 3.05) is 31.5 Å². The minimum absolute atomic E-state index is 0.0223. The monoisotopic (exact) mass is 635 g/mol. The number of piperidine rings is 1. The zero-order valence-corrected chi connectivity index (χ0v) is 27.4. The number of hydrogen-bond donors (Lipinski definition) is 2. The number of amides is 3. The van der Waals surface area contributed by atoms with Gasteiger partial charge < -0.3 is 29.9 Å². The first-order valence-electron chi connectivity index (χ1n) is 15.7. The van der Waals surface area contributed by atoms with Gasteiger partial charge in [0.1, 0.15) is 23.7 Å². The van der Waals surface area contributed by atoms with E-state index in [2.05, 4.69) is 25.7 Å². The second-order valence-corrected chi connectivity index (χ2v) is 13.2. The number of rotatable bonds is 8. The van der Waals surface area contributed by atoms with Crippen molar-refractivity contribution in [2.24, 2.45) is 11.0 Å². The van der Waals surface area contributed by atoms with E-state index in [0.29, 0.717) is 44.2 Å². The zero-order valence-electron chi connectivity index (χ0n) is 27.4. The van der Waals surface area contributed by atoms with Crippen molar-refractivity contribution in [1.82, 2.24) is 25.1 Å². The van der Waals surface area contributed by atoms with Crippen LogP contribution in [0.5, 0.6) is 0 Å². The van der Waals surface area contributed by atoms with Gasteiger partial charge in [-0.25, -0.2) is 23.9 Å². The molecule has 2 saturated heterocycles. The molecular formula is C33H44FN8O4+. The molecule has 4 heterocycles. The number of carbonyl (C=O) groups is 2. The number of nitrogens with one attached hydrogen (secondary N) is 2. The highest BCUT2D eigenvalue weighted by Gasteiger charge is 2.35. The molecule has 2 N–H and O–H groups in total. The van der Waals surface area contributed by atoms with Gasteiger partial charge in [0, 0.05) is 24.8 Å². The van der Waals surface area contributed by atoms with Crippen LogP contribution < -0.4 is 10.6 Å². The van der Waals surface area contributed by atoms with E-state index in [0.717, 1.165) is 22.4 Å². The molecule has 46 heavy (non-hydrogen) atoms. The van der Waals surface area contributed by atoms with E-state index in [1.165, 1.54) is 4.90 Å². The van der Waals surface area contributed by atoms with Gasteiger partial charge in [-0.3, -0.25) is 0 Å². The second-order valence-electron chi connectivity index (χ2n) is 13.2. The molecule has 0 saturated carbocycles. The molecule has 5 rings (SSSR count). The van der Waals surface area contributed by atoms with Crippen molar-refractivity contribution in [3.63, 3.8) is 0 Å². The minimum atomic E-state index is -1.23. The molecule has 12 nitrogen and oxygen atoms in total. The number of allylic oxidation sites excluding steroid dienone is 1. The lowest BCUT2D eigenvalue weighted by molar-refractivity contribution is -0.455. The minimum Gasteiger partial charge on any atom is -0.444 e. The molecule has 2 atom stereocenters. The maximum Gasteiger partial charge on any atom is 0.410 e. The highest BCUT2D eigenvalue weighted by molar-refractivity contribution is 5.83. The summed E-state index contributed by atoms with van der Waals surface area (Å²) < 4.78 is 27.7. The number of ether oxygens (including phenoxy) is 2. The molecule has 246 valence electrons. The number of aromatic nitrogens is 2. The third-order valence-corrected chi connectivity index (χ3v) is 7.77. The van der Waals surface area contributed by atoms with Crippen molar-refractivity contribution in [2.45, 2.75) is 78.5 Å². The molecule has 0 radical (unpaired) electrons. The van der Waals surface area contributed by atoms with Crippen LogP contribution in [-0.2, 0) is 16.0 Å². The molecule has 0 spiro atoms. The van der Waals surface area contributed by atoms with Gasteiger partial charge >= 0.3 is 12.1 Å². The number of likely N-dealkylation sites (tertiary alicyclic amines) is 2. The summed E-state index contributed by atoms with van der Waals surface area (Å²) in [4.78, 5) is 37.0. The van der Waals surface area contributed by atoms with Crippen molar-refractivity contribution in [3.05, 3.63) is 53.5 Å². The third-order valence-electron chi connectivity index (χ3n) is 7.77. The second kappa shape index (κ2) is 13.9. The first kappa shape index (κ1) is 33.0. The molecule has 0 bridgehead atoms. The van der Waals surface area contributed by atoms with E-state index in [1.54, 1.807) is 55.2 Å². The van der Waals surface area contributed by atoms with Gasteiger partial charge in [0.15, 0.2) is 6.21 Å². The molecule has 13 heteroatoms. The maximum absolute atomic E-state index is 15.0. The average Bonchev–Trinajstić information content (AvgIpc) is 3.40. The molecule has 2 aromatic rings. The lowest BCUT2D eigenvalue weighted by atomic mass is 9.96. The Morgan fingerprint density at radius 3 is 2.65 bits per heavy atom. The van der Waals surface area contributed by atoms with Gasteiger partial charge in [-0.05, 0) is 76.3 Å². The standard InChI is InChI=1S/C33H43FN8O4/c1-21(2)45-27-18-41(19-27)31(43)36-14-24-8-7-23(13-22(24)3)29-9-11-35-30(39-29)38-26-15-37-42(17-26)16-25-10-12-40(20-28(25)34)32(44)46-33(4,5)6/h7-9,11,13,15-17,21,25,27-28H,10,12,14,18-20H2,1-6H3,(H-,35,36,38,39,43)/p+1. The first-order valence-corrected chi connectivity index (χ1v) is 15.7. The van der Waals surface area contributed by atoms with Crippen LogP contribution in [0.15, 0.2) is 47.5 Å². The summed E-state index contributed by atoms with van der Waals surface area (Å²) in [5.74, 6) is 0.00677. The fraction of sp³-hybridized carbons (Fsp3) is 0.515. The quantitative estimate of drug-likeness (QED) is 0.403. The third kappa shape index (κ3) is 8.65. The van der Waals surface area contributed by atoms with E-state index < -0.39 is 23.8 Å². The SMILES string of the molecule is Cc1cc(-c2ccnc(NC3=C[N+](=CC4CCN(C(=O)OC(C)(C)C)CC4F)N=C3)n2)ccc1CNC(=O)N1CC(OC(C)C)C1. The summed E-state index contributed by atoms with van der Waals surface area (Å²) in [6.45, 7) is 13.4. The number of carbonyl (C=O) groups excluding carboxylic acids is 2. The van der Waals surface area contributed by atoms with E-state index in [1.807, 2.05) is 45.0 Å². The number of halogens is 1. The highest BCUT2D eigenvalue weighted by Crippen LogP contribution is 2.24. The Hall–Kier alpha value is -4.39. The summed E-state index contributed by atoms with van der Waals surface area (Å²) in [5, 5.41) is 10.5. The molecule has 1 aromatic heterocycles. The maximum atomic E-state index is 15.0. The summed E-state index contributed by atoms with van der Waals surface area (Å²) in [5.41, 5.74) is 3.75. The molecule has 1 aromatic carbocycles. The number of hydrogen-bond acceptors (Lipinski definition) is 8. The molecule has 3 aliphatic heterocycles. The highest BCUT2D eigenvalue weighted by atomic mass is 19.1. The Bertz CT molecular complexity index is 1530. The van der Waals surface area contributed by atoms with Crippen LogP contribution in [0.3, 0.4) is 0 Å². The largest absolute Gasteiger partial charge is 0.444 e. The average molecular weight is 636 g/mol. The Morgan fingerprint density at radius 1 is 1.17 bits per heavy atom. The number of alkyl halides is 1. The van der Waals surface area contributed by atoms with Crippen molar-refractivity contribution >= 4 is 30.5 Å². The van der Waals surface area contributed by atoms with E-state index >= 15 is 0 Å². The Morgan fingerprint density at radius 2 is 1.96 bits per heavy atom. The summed E-state index contributed by atoms with van der Waals surface area (Å²) >= 11 is 0. The van der Waals surface area contributed by atoms with E-state index in [4.69, 9.17) is 9.47 Å². The molecule has 3 amide bonds. The van der Waals surface area contributed by atoms with Crippen LogP contribution in [0.25, 0.3) is 11.3 Å². The fourth-order valence-electron chi connectivity index (χ4n) is 5.38. The first-order chi connectivity index (χ1) is 21.8. The van der Waals surface area contributed by atoms with Crippen molar-refractivity contribution < 1.29 is 28.1 Å². The normalized spacial score (nSPS) is 21.0. The van der Waals surface area contributed by atoms with Gasteiger partial charge in [0.2, 0.25) is 12.1 Å². The predicted octanol–water partition coefficient (Wildman–Crippen LogP) is 4.70. The van der Waals surface area contributed by atoms with Crippen LogP contribution >= 0.6 is 0 Å². The van der Waals surface area contributed by atoms with Gasteiger partial charge in [-0.2, -0.15) is 0 Å². The molecule has 0 aliphatic carbocycles. The number of hydrazone groups is 1. The van der Waals surface area contributed by atoms with Crippen LogP contribution in [0.1, 0.15) is 52.2 Å². The lowest BCUT2D eigenvalue weighted by Gasteiger charge is -2.39. The van der Waals surface area contributed by atoms with Crippen LogP contribution in [0.2, 0.25) is 0 Å². The molecular weight excluding hydrogens is 591 g/mol. The van der Waals surface area contributed by atoms with Crippen molar-refractivity contribution in [1.29, 1.82) is 0 Å². The topological polar surface area (TPSA) is 124 Å². The molecule has 3 aliphatic rings. The Labute approximate surface area is 269 Å². The lowest BCUT2D eigenvalue weighted by Crippen LogP contribution is -2.58. The Balaban J connectivity index is 1.14. The van der Waals surface area contributed by atoms with Crippen molar-refractivity contribution in [3.8, 4) is 11.3 Å².